The minimum atomic E-state index is -0.282. The van der Waals surface area contributed by atoms with Crippen LogP contribution in [0.25, 0.3) is 11.0 Å². The molecule has 3 N–H and O–H groups in total. The Morgan fingerprint density at radius 3 is 3.00 bits per heavy atom. The monoisotopic (exact) mass is 151 g/mol. The summed E-state index contributed by atoms with van der Waals surface area (Å²) in [6.45, 7) is 0. The zero-order valence-electron chi connectivity index (χ0n) is 5.46. The zero-order chi connectivity index (χ0) is 7.84. The summed E-state index contributed by atoms with van der Waals surface area (Å²) in [5, 5.41) is 9.09. The van der Waals surface area contributed by atoms with Crippen LogP contribution in [0.1, 0.15) is 0 Å². The largest absolute Gasteiger partial charge is 0.504 e. The first-order valence-electron chi connectivity index (χ1n) is 3.03. The van der Waals surface area contributed by atoms with Crippen molar-refractivity contribution in [2.45, 2.75) is 0 Å². The molecule has 0 bridgehead atoms. The first-order valence-corrected chi connectivity index (χ1v) is 3.03. The van der Waals surface area contributed by atoms with Crippen LogP contribution in [0.5, 0.6) is 5.75 Å². The van der Waals surface area contributed by atoms with Crippen LogP contribution in [0.15, 0.2) is 17.3 Å². The lowest BCUT2D eigenvalue weighted by Crippen LogP contribution is -2.05. The summed E-state index contributed by atoms with van der Waals surface area (Å²) in [4.78, 5) is 19.7. The molecule has 0 unspecified atom stereocenters. The molecular weight excluding hydrogens is 146 g/mol. The molecule has 0 amide bonds. The Bertz CT molecular complexity index is 442. The Morgan fingerprint density at radius 2 is 2.27 bits per heavy atom. The third-order valence-corrected chi connectivity index (χ3v) is 1.45. The number of hydrogen-bond acceptors (Lipinski definition) is 3. The number of aromatic hydroxyl groups is 1. The Labute approximate surface area is 60.7 Å². The van der Waals surface area contributed by atoms with Crippen molar-refractivity contribution in [1.29, 1.82) is 0 Å². The lowest BCUT2D eigenvalue weighted by molar-refractivity contribution is 0.480. The number of hydrogen-bond donors (Lipinski definition) is 3. The second-order valence-corrected chi connectivity index (χ2v) is 2.13. The molecule has 2 aromatic heterocycles. The SMILES string of the molecule is O=c1[nH]cnc2c(O)c[nH]c12. The molecule has 11 heavy (non-hydrogen) atoms. The highest BCUT2D eigenvalue weighted by Crippen LogP contribution is 2.16. The third-order valence-electron chi connectivity index (χ3n) is 1.45. The molecular formula is C6H5N3O2. The summed E-state index contributed by atoms with van der Waals surface area (Å²) in [5.41, 5.74) is 0.314. The summed E-state index contributed by atoms with van der Waals surface area (Å²) < 4.78 is 0. The fourth-order valence-corrected chi connectivity index (χ4v) is 0.937. The smallest absolute Gasteiger partial charge is 0.275 e. The molecule has 2 aromatic rings. The van der Waals surface area contributed by atoms with Crippen molar-refractivity contribution in [2.75, 3.05) is 0 Å². The second kappa shape index (κ2) is 1.85. The highest BCUT2D eigenvalue weighted by atomic mass is 16.3. The maximum atomic E-state index is 11.0. The van der Waals surface area contributed by atoms with Crippen LogP contribution >= 0.6 is 0 Å². The normalized spacial score (nSPS) is 10.5. The Kier molecular flexibility index (Phi) is 1.00. The Morgan fingerprint density at radius 1 is 1.45 bits per heavy atom. The first kappa shape index (κ1) is 5.96. The summed E-state index contributed by atoms with van der Waals surface area (Å²) in [6, 6.07) is 0. The van der Waals surface area contributed by atoms with Crippen molar-refractivity contribution in [3.63, 3.8) is 0 Å². The van der Waals surface area contributed by atoms with Gasteiger partial charge in [0.1, 0.15) is 11.0 Å². The van der Waals surface area contributed by atoms with Gasteiger partial charge in [0.2, 0.25) is 0 Å². The number of rotatable bonds is 0. The summed E-state index contributed by atoms with van der Waals surface area (Å²) in [5.74, 6) is -0.00824. The molecule has 0 spiro atoms. The maximum absolute atomic E-state index is 11.0. The number of aromatic nitrogens is 3. The van der Waals surface area contributed by atoms with Crippen LogP contribution in [0.3, 0.4) is 0 Å². The standard InChI is InChI=1S/C6H5N3O2/c10-3-1-7-5-4(3)8-2-9-6(5)11/h1-2,7,10H,(H,8,9,11). The summed E-state index contributed by atoms with van der Waals surface area (Å²) in [7, 11) is 0. The number of nitrogens with one attached hydrogen (secondary N) is 2. The van der Waals surface area contributed by atoms with E-state index in [9.17, 15) is 4.79 Å². The minimum absolute atomic E-state index is 0.00824. The highest BCUT2D eigenvalue weighted by molar-refractivity contribution is 5.80. The van der Waals surface area contributed by atoms with Crippen molar-refractivity contribution in [2.24, 2.45) is 0 Å². The van der Waals surface area contributed by atoms with Gasteiger partial charge in [0, 0.05) is 6.20 Å². The molecule has 5 nitrogen and oxygen atoms in total. The fraction of sp³-hybridized carbons (Fsp3) is 0. The molecule has 0 saturated carbocycles. The minimum Gasteiger partial charge on any atom is -0.504 e. The van der Waals surface area contributed by atoms with Crippen LogP contribution in [0.2, 0.25) is 0 Å². The zero-order valence-corrected chi connectivity index (χ0v) is 5.46. The van der Waals surface area contributed by atoms with Crippen molar-refractivity contribution in [1.82, 2.24) is 15.0 Å². The molecule has 0 radical (unpaired) electrons. The van der Waals surface area contributed by atoms with Crippen LogP contribution in [0.4, 0.5) is 0 Å². The van der Waals surface area contributed by atoms with E-state index in [1.165, 1.54) is 12.5 Å². The Balaban J connectivity index is 3.06. The predicted molar refractivity (Wildman–Crippen MR) is 38.4 cm³/mol. The number of H-pyrrole nitrogens is 2. The van der Waals surface area contributed by atoms with E-state index < -0.39 is 0 Å². The maximum Gasteiger partial charge on any atom is 0.275 e. The van der Waals surface area contributed by atoms with Crippen LogP contribution in [-0.2, 0) is 0 Å². The molecule has 5 heteroatoms. The first-order chi connectivity index (χ1) is 5.29. The van der Waals surface area contributed by atoms with Gasteiger partial charge in [-0.1, -0.05) is 0 Å². The molecule has 56 valence electrons. The quantitative estimate of drug-likeness (QED) is 0.494. The molecule has 2 rings (SSSR count). The topological polar surface area (TPSA) is 81.8 Å². The fourth-order valence-electron chi connectivity index (χ4n) is 0.937. The summed E-state index contributed by atoms with van der Waals surface area (Å²) >= 11 is 0. The van der Waals surface area contributed by atoms with Crippen molar-refractivity contribution >= 4 is 11.0 Å². The van der Waals surface area contributed by atoms with Crippen LogP contribution in [0, 0.1) is 0 Å². The van der Waals surface area contributed by atoms with Gasteiger partial charge < -0.3 is 15.1 Å². The number of fused-ring (bicyclic) bond motifs is 1. The van der Waals surface area contributed by atoms with Gasteiger partial charge in [-0.25, -0.2) is 4.98 Å². The lowest BCUT2D eigenvalue weighted by Gasteiger charge is -1.85. The molecule has 0 atom stereocenters. The number of aromatic amines is 2. The van der Waals surface area contributed by atoms with Crippen molar-refractivity contribution in [3.05, 3.63) is 22.9 Å². The molecule has 0 saturated heterocycles. The van der Waals surface area contributed by atoms with Gasteiger partial charge in [-0.15, -0.1) is 0 Å². The molecule has 0 aliphatic carbocycles. The van der Waals surface area contributed by atoms with E-state index in [-0.39, 0.29) is 11.3 Å². The second-order valence-electron chi connectivity index (χ2n) is 2.13. The van der Waals surface area contributed by atoms with Gasteiger partial charge in [0.05, 0.1) is 6.33 Å². The van der Waals surface area contributed by atoms with Gasteiger partial charge in [0.15, 0.2) is 5.75 Å². The highest BCUT2D eigenvalue weighted by Gasteiger charge is 2.04. The Hall–Kier alpha value is -1.78. The molecule has 0 aromatic carbocycles. The molecule has 0 fully saturated rings. The van der Waals surface area contributed by atoms with Crippen LogP contribution in [-0.4, -0.2) is 20.1 Å². The van der Waals surface area contributed by atoms with E-state index in [0.717, 1.165) is 0 Å². The van der Waals surface area contributed by atoms with E-state index in [2.05, 4.69) is 15.0 Å². The summed E-state index contributed by atoms with van der Waals surface area (Å²) in [6.07, 6.45) is 2.57. The molecule has 0 aliphatic rings. The average molecular weight is 151 g/mol. The van der Waals surface area contributed by atoms with Gasteiger partial charge in [-0.05, 0) is 0 Å². The van der Waals surface area contributed by atoms with E-state index in [1.54, 1.807) is 0 Å². The van der Waals surface area contributed by atoms with E-state index >= 15 is 0 Å². The predicted octanol–water partition coefficient (Wildman–Crippen LogP) is -0.0432. The van der Waals surface area contributed by atoms with Gasteiger partial charge >= 0.3 is 0 Å². The van der Waals surface area contributed by atoms with Gasteiger partial charge in [0.25, 0.3) is 5.56 Å². The van der Waals surface area contributed by atoms with Crippen LogP contribution < -0.4 is 5.56 Å². The number of nitrogens with zero attached hydrogens (tertiary/aromatic N) is 1. The van der Waals surface area contributed by atoms with Gasteiger partial charge in [-0.2, -0.15) is 0 Å². The van der Waals surface area contributed by atoms with Gasteiger partial charge in [-0.3, -0.25) is 4.79 Å². The molecule has 2 heterocycles. The van der Waals surface area contributed by atoms with E-state index in [1.807, 2.05) is 0 Å². The van der Waals surface area contributed by atoms with Crippen molar-refractivity contribution in [3.8, 4) is 5.75 Å². The average Bonchev–Trinajstić information content (AvgIpc) is 2.35. The van der Waals surface area contributed by atoms with E-state index in [4.69, 9.17) is 5.11 Å². The van der Waals surface area contributed by atoms with E-state index in [0.29, 0.717) is 11.0 Å². The molecule has 0 aliphatic heterocycles. The van der Waals surface area contributed by atoms with Crippen molar-refractivity contribution < 1.29 is 5.11 Å². The lowest BCUT2D eigenvalue weighted by atomic mass is 10.4. The third kappa shape index (κ3) is 0.706.